The second-order valence-corrected chi connectivity index (χ2v) is 7.54. The molecule has 32 heavy (non-hydrogen) atoms. The molecule has 0 radical (unpaired) electrons. The predicted octanol–water partition coefficient (Wildman–Crippen LogP) is 3.62. The van der Waals surface area contributed by atoms with Gasteiger partial charge in [-0.15, -0.1) is 0 Å². The number of hydrogen-bond acceptors (Lipinski definition) is 5. The number of fused-ring (bicyclic) bond motifs is 1. The Labute approximate surface area is 184 Å². The van der Waals surface area contributed by atoms with Crippen LogP contribution < -0.4 is 5.43 Å². The summed E-state index contributed by atoms with van der Waals surface area (Å²) in [6, 6.07) is 18.7. The first kappa shape index (κ1) is 21.2. The molecule has 2 aromatic heterocycles. The van der Waals surface area contributed by atoms with Crippen LogP contribution in [-0.4, -0.2) is 32.7 Å². The zero-order valence-corrected chi connectivity index (χ0v) is 17.9. The molecule has 0 amide bonds. The number of carbonyl (C=O) groups is 2. The Morgan fingerprint density at radius 2 is 1.72 bits per heavy atom. The maximum Gasteiger partial charge on any atom is 0.308 e. The number of rotatable bonds is 7. The molecule has 0 aliphatic rings. The molecule has 0 spiro atoms. The Kier molecular flexibility index (Phi) is 5.98. The summed E-state index contributed by atoms with van der Waals surface area (Å²) in [5, 5.41) is 4.64. The zero-order chi connectivity index (χ0) is 22.7. The summed E-state index contributed by atoms with van der Waals surface area (Å²) in [6.45, 7) is 3.74. The summed E-state index contributed by atoms with van der Waals surface area (Å²) in [5.74, 6) is -0.750. The smallest absolute Gasteiger partial charge is 0.308 e. The van der Waals surface area contributed by atoms with E-state index in [2.05, 4.69) is 5.10 Å². The molecule has 7 heteroatoms. The second kappa shape index (κ2) is 9.01. The molecule has 0 unspecified atom stereocenters. The van der Waals surface area contributed by atoms with Gasteiger partial charge in [0.25, 0.3) is 0 Å². The fourth-order valence-corrected chi connectivity index (χ4v) is 3.85. The highest BCUT2D eigenvalue weighted by atomic mass is 16.5. The van der Waals surface area contributed by atoms with Gasteiger partial charge in [-0.05, 0) is 44.2 Å². The number of ether oxygens (including phenoxy) is 1. The third-order valence-electron chi connectivity index (χ3n) is 5.40. The van der Waals surface area contributed by atoms with Gasteiger partial charge in [-0.3, -0.25) is 19.1 Å². The molecule has 0 fully saturated rings. The Hall–Kier alpha value is -4.00. The van der Waals surface area contributed by atoms with Gasteiger partial charge in [-0.2, -0.15) is 5.10 Å². The number of aryl methyl sites for hydroxylation is 2. The van der Waals surface area contributed by atoms with Gasteiger partial charge >= 0.3 is 5.97 Å². The minimum absolute atomic E-state index is 0.0379. The van der Waals surface area contributed by atoms with Crippen molar-refractivity contribution in [3.63, 3.8) is 0 Å². The van der Waals surface area contributed by atoms with Crippen molar-refractivity contribution in [3.8, 4) is 5.69 Å². The van der Waals surface area contributed by atoms with Crippen molar-refractivity contribution < 1.29 is 14.3 Å². The Bertz CT molecular complexity index is 1350. The molecule has 0 atom stereocenters. The third-order valence-corrected chi connectivity index (χ3v) is 5.40. The van der Waals surface area contributed by atoms with Crippen LogP contribution in [0.2, 0.25) is 0 Å². The monoisotopic (exact) mass is 429 g/mol. The van der Waals surface area contributed by atoms with E-state index >= 15 is 0 Å². The van der Waals surface area contributed by atoms with E-state index in [9.17, 15) is 14.4 Å². The standard InChI is InChI=1S/C25H23N3O4/c1-17-14-21(18(2)28(17)19-8-4-3-5-9-19)24(30)16-32-25(31)12-13-27-22-11-7-6-10-20(22)23(29)15-26-27/h3-11,14-15H,12-13,16H2,1-2H3. The first-order chi connectivity index (χ1) is 15.5. The molecule has 4 aromatic rings. The molecule has 2 aromatic carbocycles. The molecule has 0 aliphatic carbocycles. The summed E-state index contributed by atoms with van der Waals surface area (Å²) in [5.41, 5.74) is 3.72. The number of esters is 1. The van der Waals surface area contributed by atoms with Gasteiger partial charge in [0, 0.05) is 28.0 Å². The lowest BCUT2D eigenvalue weighted by Crippen LogP contribution is -2.18. The average Bonchev–Trinajstić information content (AvgIpc) is 3.11. The Morgan fingerprint density at radius 3 is 2.50 bits per heavy atom. The number of aromatic nitrogens is 3. The van der Waals surface area contributed by atoms with Gasteiger partial charge in [0.1, 0.15) is 0 Å². The zero-order valence-electron chi connectivity index (χ0n) is 17.9. The van der Waals surface area contributed by atoms with Crippen LogP contribution in [0, 0.1) is 13.8 Å². The van der Waals surface area contributed by atoms with E-state index in [4.69, 9.17) is 4.74 Å². The molecule has 7 nitrogen and oxygen atoms in total. The first-order valence-electron chi connectivity index (χ1n) is 10.3. The number of ketones is 1. The van der Waals surface area contributed by atoms with Crippen molar-refractivity contribution in [1.82, 2.24) is 14.3 Å². The minimum Gasteiger partial charge on any atom is -0.457 e. The molecular formula is C25H23N3O4. The fourth-order valence-electron chi connectivity index (χ4n) is 3.85. The van der Waals surface area contributed by atoms with Crippen molar-refractivity contribution in [1.29, 1.82) is 0 Å². The highest BCUT2D eigenvalue weighted by Crippen LogP contribution is 2.21. The van der Waals surface area contributed by atoms with E-state index in [-0.39, 0.29) is 30.8 Å². The number of carbonyl (C=O) groups excluding carboxylic acids is 2. The summed E-state index contributed by atoms with van der Waals surface area (Å²) < 4.78 is 8.82. The van der Waals surface area contributed by atoms with E-state index in [0.29, 0.717) is 16.5 Å². The van der Waals surface area contributed by atoms with E-state index in [1.54, 1.807) is 22.9 Å². The normalized spacial score (nSPS) is 10.9. The molecule has 0 aliphatic heterocycles. The van der Waals surface area contributed by atoms with Crippen molar-refractivity contribution in [3.05, 3.63) is 94.0 Å². The molecule has 162 valence electrons. The molecule has 0 saturated carbocycles. The van der Waals surface area contributed by atoms with E-state index in [0.717, 1.165) is 17.1 Å². The van der Waals surface area contributed by atoms with Crippen LogP contribution >= 0.6 is 0 Å². The van der Waals surface area contributed by atoms with E-state index in [1.165, 1.54) is 6.20 Å². The van der Waals surface area contributed by atoms with Crippen LogP contribution in [-0.2, 0) is 16.1 Å². The second-order valence-electron chi connectivity index (χ2n) is 7.54. The minimum atomic E-state index is -0.500. The quantitative estimate of drug-likeness (QED) is 0.331. The summed E-state index contributed by atoms with van der Waals surface area (Å²) >= 11 is 0. The summed E-state index contributed by atoms with van der Waals surface area (Å²) in [4.78, 5) is 36.9. The van der Waals surface area contributed by atoms with Gasteiger partial charge in [0.15, 0.2) is 6.61 Å². The lowest BCUT2D eigenvalue weighted by Gasteiger charge is -2.10. The molecule has 0 bridgehead atoms. The van der Waals surface area contributed by atoms with Gasteiger partial charge in [-0.25, -0.2) is 0 Å². The predicted molar refractivity (Wildman–Crippen MR) is 121 cm³/mol. The van der Waals surface area contributed by atoms with Crippen molar-refractivity contribution in [2.45, 2.75) is 26.8 Å². The lowest BCUT2D eigenvalue weighted by atomic mass is 10.1. The van der Waals surface area contributed by atoms with Crippen molar-refractivity contribution in [2.24, 2.45) is 0 Å². The topological polar surface area (TPSA) is 83.2 Å². The Morgan fingerprint density at radius 1 is 1.00 bits per heavy atom. The molecule has 0 N–H and O–H groups in total. The highest BCUT2D eigenvalue weighted by Gasteiger charge is 2.18. The number of benzene rings is 2. The van der Waals surface area contributed by atoms with Gasteiger partial charge in [-0.1, -0.05) is 30.3 Å². The van der Waals surface area contributed by atoms with E-state index < -0.39 is 5.97 Å². The molecule has 4 rings (SSSR count). The number of hydrogen-bond donors (Lipinski definition) is 0. The molecule has 0 saturated heterocycles. The van der Waals surface area contributed by atoms with Crippen LogP contribution in [0.5, 0.6) is 0 Å². The van der Waals surface area contributed by atoms with Crippen LogP contribution in [0.3, 0.4) is 0 Å². The average molecular weight is 429 g/mol. The SMILES string of the molecule is Cc1cc(C(=O)COC(=O)CCn2ncc(=O)c3ccccc32)c(C)n1-c1ccccc1. The van der Waals surface area contributed by atoms with Crippen LogP contribution in [0.1, 0.15) is 28.2 Å². The van der Waals surface area contributed by atoms with Crippen LogP contribution in [0.4, 0.5) is 0 Å². The summed E-state index contributed by atoms with van der Waals surface area (Å²) in [6.07, 6.45) is 1.27. The van der Waals surface area contributed by atoms with Crippen molar-refractivity contribution in [2.75, 3.05) is 6.61 Å². The van der Waals surface area contributed by atoms with Gasteiger partial charge < -0.3 is 9.30 Å². The number of para-hydroxylation sites is 2. The molecule has 2 heterocycles. The van der Waals surface area contributed by atoms with E-state index in [1.807, 2.05) is 60.9 Å². The molecular weight excluding hydrogens is 406 g/mol. The van der Waals surface area contributed by atoms with Crippen LogP contribution in [0.25, 0.3) is 16.6 Å². The maximum absolute atomic E-state index is 12.7. The van der Waals surface area contributed by atoms with Gasteiger partial charge in [0.2, 0.25) is 11.2 Å². The Balaban J connectivity index is 1.40. The fraction of sp³-hybridized carbons (Fsp3) is 0.200. The van der Waals surface area contributed by atoms with Gasteiger partial charge in [0.05, 0.1) is 24.7 Å². The first-order valence-corrected chi connectivity index (χ1v) is 10.3. The number of nitrogens with zero attached hydrogens (tertiary/aromatic N) is 3. The third kappa shape index (κ3) is 4.23. The highest BCUT2D eigenvalue weighted by molar-refractivity contribution is 5.99. The number of Topliss-reactive ketones (excluding diaryl/α,β-unsaturated/α-hetero) is 1. The maximum atomic E-state index is 12.7. The lowest BCUT2D eigenvalue weighted by molar-refractivity contribution is -0.142. The largest absolute Gasteiger partial charge is 0.457 e. The van der Waals surface area contributed by atoms with Crippen molar-refractivity contribution >= 4 is 22.7 Å². The summed E-state index contributed by atoms with van der Waals surface area (Å²) in [7, 11) is 0. The van der Waals surface area contributed by atoms with Crippen LogP contribution in [0.15, 0.2) is 71.7 Å².